The smallest absolute Gasteiger partial charge is 0.250 e. The zero-order chi connectivity index (χ0) is 14.0. The van der Waals surface area contributed by atoms with E-state index >= 15 is 0 Å². The molecular formula is C13H16N2O2S2. The highest BCUT2D eigenvalue weighted by molar-refractivity contribution is 7.91. The summed E-state index contributed by atoms with van der Waals surface area (Å²) in [5.41, 5.74) is 8.09. The third-order valence-electron chi connectivity index (χ3n) is 2.77. The van der Waals surface area contributed by atoms with Gasteiger partial charge >= 0.3 is 0 Å². The Labute approximate surface area is 117 Å². The fourth-order valence-electron chi connectivity index (χ4n) is 1.69. The van der Waals surface area contributed by atoms with Crippen LogP contribution in [-0.2, 0) is 10.0 Å². The van der Waals surface area contributed by atoms with Crippen LogP contribution in [0.2, 0.25) is 0 Å². The van der Waals surface area contributed by atoms with Crippen molar-refractivity contribution in [1.82, 2.24) is 4.72 Å². The molecule has 3 N–H and O–H groups in total. The van der Waals surface area contributed by atoms with Gasteiger partial charge in [-0.05, 0) is 25.5 Å². The molecule has 0 aliphatic heterocycles. The molecule has 0 amide bonds. The molecule has 0 bridgehead atoms. The Morgan fingerprint density at radius 2 is 1.89 bits per heavy atom. The zero-order valence-electron chi connectivity index (χ0n) is 10.8. The van der Waals surface area contributed by atoms with Crippen molar-refractivity contribution in [1.29, 1.82) is 0 Å². The molecule has 0 saturated carbocycles. The summed E-state index contributed by atoms with van der Waals surface area (Å²) in [4.78, 5) is 0. The first-order valence-electron chi connectivity index (χ1n) is 5.81. The molecule has 102 valence electrons. The van der Waals surface area contributed by atoms with Gasteiger partial charge in [-0.25, -0.2) is 13.1 Å². The van der Waals surface area contributed by atoms with E-state index in [0.29, 0.717) is 5.69 Å². The second-order valence-corrected chi connectivity index (χ2v) is 7.30. The van der Waals surface area contributed by atoms with Crippen molar-refractivity contribution in [2.24, 2.45) is 0 Å². The van der Waals surface area contributed by atoms with Crippen molar-refractivity contribution >= 4 is 27.0 Å². The third kappa shape index (κ3) is 3.34. The lowest BCUT2D eigenvalue weighted by Gasteiger charge is -2.14. The number of sulfonamides is 1. The van der Waals surface area contributed by atoms with Crippen LogP contribution in [0.5, 0.6) is 0 Å². The molecule has 19 heavy (non-hydrogen) atoms. The van der Waals surface area contributed by atoms with Crippen LogP contribution in [0.3, 0.4) is 0 Å². The van der Waals surface area contributed by atoms with Gasteiger partial charge < -0.3 is 5.73 Å². The number of aryl methyl sites for hydroxylation is 1. The first-order valence-corrected chi connectivity index (χ1v) is 8.17. The van der Waals surface area contributed by atoms with Crippen molar-refractivity contribution in [3.05, 3.63) is 46.8 Å². The predicted octanol–water partition coefficient (Wildman–Crippen LogP) is 2.68. The molecule has 1 aromatic carbocycles. The third-order valence-corrected chi connectivity index (χ3v) is 5.77. The number of anilines is 1. The maximum absolute atomic E-state index is 12.1. The van der Waals surface area contributed by atoms with E-state index in [1.54, 1.807) is 5.38 Å². The van der Waals surface area contributed by atoms with Gasteiger partial charge in [0.15, 0.2) is 0 Å². The summed E-state index contributed by atoms with van der Waals surface area (Å²) in [6.07, 6.45) is 0. The summed E-state index contributed by atoms with van der Waals surface area (Å²) in [6.45, 7) is 3.81. The van der Waals surface area contributed by atoms with Gasteiger partial charge in [-0.1, -0.05) is 29.8 Å². The molecule has 6 heteroatoms. The van der Waals surface area contributed by atoms with Gasteiger partial charge in [-0.15, -0.1) is 11.3 Å². The average molecular weight is 296 g/mol. The molecule has 2 aromatic rings. The van der Waals surface area contributed by atoms with E-state index in [1.165, 1.54) is 6.07 Å². The SMILES string of the molecule is Cc1ccc(C(C)NS(=O)(=O)c2cc(N)cs2)cc1. The number of rotatable bonds is 4. The second-order valence-electron chi connectivity index (χ2n) is 4.45. The first kappa shape index (κ1) is 14.0. The van der Waals surface area contributed by atoms with Gasteiger partial charge in [0.05, 0.1) is 0 Å². The summed E-state index contributed by atoms with van der Waals surface area (Å²) in [5, 5.41) is 1.62. The van der Waals surface area contributed by atoms with E-state index in [4.69, 9.17) is 5.73 Å². The summed E-state index contributed by atoms with van der Waals surface area (Å²) < 4.78 is 27.2. The van der Waals surface area contributed by atoms with Crippen molar-refractivity contribution < 1.29 is 8.42 Å². The Balaban J connectivity index is 2.18. The fourth-order valence-corrected chi connectivity index (χ4v) is 4.01. The molecule has 4 nitrogen and oxygen atoms in total. The van der Waals surface area contributed by atoms with E-state index in [0.717, 1.165) is 22.5 Å². The lowest BCUT2D eigenvalue weighted by Crippen LogP contribution is -2.26. The minimum atomic E-state index is -3.51. The highest BCUT2D eigenvalue weighted by Crippen LogP contribution is 2.23. The summed E-state index contributed by atoms with van der Waals surface area (Å²) in [6, 6.07) is 8.95. The standard InChI is InChI=1S/C13H16N2O2S2/c1-9-3-5-11(6-4-9)10(2)15-19(16,17)13-7-12(14)8-18-13/h3-8,10,15H,14H2,1-2H3. The average Bonchev–Trinajstić information content (AvgIpc) is 2.77. The van der Waals surface area contributed by atoms with Gasteiger partial charge in [0.2, 0.25) is 0 Å². The Morgan fingerprint density at radius 1 is 1.26 bits per heavy atom. The summed E-state index contributed by atoms with van der Waals surface area (Å²) in [7, 11) is -3.51. The van der Waals surface area contributed by atoms with Gasteiger partial charge in [0.25, 0.3) is 10.0 Å². The summed E-state index contributed by atoms with van der Waals surface area (Å²) in [5.74, 6) is 0. The Kier molecular flexibility index (Phi) is 3.93. The Hall–Kier alpha value is -1.37. The highest BCUT2D eigenvalue weighted by Gasteiger charge is 2.19. The van der Waals surface area contributed by atoms with Gasteiger partial charge in [0.1, 0.15) is 4.21 Å². The minimum Gasteiger partial charge on any atom is -0.398 e. The number of hydrogen-bond donors (Lipinski definition) is 2. The molecule has 0 aliphatic rings. The lowest BCUT2D eigenvalue weighted by molar-refractivity contribution is 0.569. The molecule has 2 rings (SSSR count). The number of benzene rings is 1. The van der Waals surface area contributed by atoms with Gasteiger partial charge in [0, 0.05) is 17.1 Å². The van der Waals surface area contributed by atoms with E-state index in [2.05, 4.69) is 4.72 Å². The van der Waals surface area contributed by atoms with E-state index in [-0.39, 0.29) is 10.3 Å². The molecule has 0 fully saturated rings. The largest absolute Gasteiger partial charge is 0.398 e. The molecule has 1 aromatic heterocycles. The number of nitrogens with two attached hydrogens (primary N) is 1. The molecule has 0 spiro atoms. The maximum atomic E-state index is 12.1. The molecule has 1 unspecified atom stereocenters. The van der Waals surface area contributed by atoms with Crippen LogP contribution in [0.15, 0.2) is 39.9 Å². The van der Waals surface area contributed by atoms with Crippen molar-refractivity contribution in [3.8, 4) is 0 Å². The molecule has 0 radical (unpaired) electrons. The lowest BCUT2D eigenvalue weighted by atomic mass is 10.1. The monoisotopic (exact) mass is 296 g/mol. The van der Waals surface area contributed by atoms with E-state index < -0.39 is 10.0 Å². The van der Waals surface area contributed by atoms with Crippen LogP contribution in [0.25, 0.3) is 0 Å². The number of hydrogen-bond acceptors (Lipinski definition) is 4. The molecule has 0 aliphatic carbocycles. The topological polar surface area (TPSA) is 72.2 Å². The zero-order valence-corrected chi connectivity index (χ0v) is 12.4. The number of thiophene rings is 1. The summed E-state index contributed by atoms with van der Waals surface area (Å²) >= 11 is 1.12. The second kappa shape index (κ2) is 5.32. The minimum absolute atomic E-state index is 0.240. The fraction of sp³-hybridized carbons (Fsp3) is 0.231. The van der Waals surface area contributed by atoms with E-state index in [1.807, 2.05) is 38.1 Å². The normalized spacial score (nSPS) is 13.4. The van der Waals surface area contributed by atoms with Crippen molar-refractivity contribution in [2.45, 2.75) is 24.1 Å². The van der Waals surface area contributed by atoms with Crippen LogP contribution >= 0.6 is 11.3 Å². The van der Waals surface area contributed by atoms with Crippen LogP contribution in [-0.4, -0.2) is 8.42 Å². The highest BCUT2D eigenvalue weighted by atomic mass is 32.2. The Bertz CT molecular complexity index is 660. The maximum Gasteiger partial charge on any atom is 0.250 e. The number of nitrogens with one attached hydrogen (secondary N) is 1. The number of nitrogen functional groups attached to an aromatic ring is 1. The van der Waals surface area contributed by atoms with Crippen LogP contribution in [0.1, 0.15) is 24.1 Å². The van der Waals surface area contributed by atoms with Gasteiger partial charge in [-0.2, -0.15) is 0 Å². The van der Waals surface area contributed by atoms with Crippen LogP contribution in [0.4, 0.5) is 5.69 Å². The van der Waals surface area contributed by atoms with Crippen LogP contribution in [0, 0.1) is 6.92 Å². The first-order chi connectivity index (χ1) is 8.88. The van der Waals surface area contributed by atoms with Crippen molar-refractivity contribution in [3.63, 3.8) is 0 Å². The molecule has 1 heterocycles. The predicted molar refractivity (Wildman–Crippen MR) is 78.6 cm³/mol. The van der Waals surface area contributed by atoms with Crippen LogP contribution < -0.4 is 10.5 Å². The van der Waals surface area contributed by atoms with E-state index in [9.17, 15) is 8.42 Å². The van der Waals surface area contributed by atoms with Crippen molar-refractivity contribution in [2.75, 3.05) is 5.73 Å². The molecule has 1 atom stereocenters. The molecule has 0 saturated heterocycles. The molecular weight excluding hydrogens is 280 g/mol. The quantitative estimate of drug-likeness (QED) is 0.911. The Morgan fingerprint density at radius 3 is 2.42 bits per heavy atom. The van der Waals surface area contributed by atoms with Gasteiger partial charge in [-0.3, -0.25) is 0 Å².